The van der Waals surface area contributed by atoms with E-state index in [0.717, 1.165) is 42.4 Å². The lowest BCUT2D eigenvalue weighted by Gasteiger charge is -2.24. The summed E-state index contributed by atoms with van der Waals surface area (Å²) in [4.78, 5) is 6.86. The molecule has 1 atom stereocenters. The summed E-state index contributed by atoms with van der Waals surface area (Å²) in [6.07, 6.45) is 2.95. The molecular formula is C17H21N3O. The van der Waals surface area contributed by atoms with Crippen LogP contribution in [0.4, 0.5) is 11.4 Å². The van der Waals surface area contributed by atoms with E-state index in [1.54, 1.807) is 0 Å². The Balaban J connectivity index is 1.93. The number of pyridine rings is 1. The Morgan fingerprint density at radius 2 is 2.10 bits per heavy atom. The Bertz CT molecular complexity index is 597. The van der Waals surface area contributed by atoms with Crippen LogP contribution >= 0.6 is 0 Å². The van der Waals surface area contributed by atoms with Crippen molar-refractivity contribution in [2.24, 2.45) is 0 Å². The number of hydrogen-bond acceptors (Lipinski definition) is 4. The molecule has 1 N–H and O–H groups in total. The van der Waals surface area contributed by atoms with Crippen molar-refractivity contribution in [2.75, 3.05) is 25.1 Å². The van der Waals surface area contributed by atoms with Crippen molar-refractivity contribution in [2.45, 2.75) is 19.4 Å². The number of rotatable bonds is 3. The monoisotopic (exact) mass is 283 g/mol. The number of anilines is 2. The predicted octanol–water partition coefficient (Wildman–Crippen LogP) is 3.28. The quantitative estimate of drug-likeness (QED) is 0.938. The number of hydrogen-bond donors (Lipinski definition) is 1. The molecule has 2 heterocycles. The number of nitrogens with one attached hydrogen (secondary N) is 1. The van der Waals surface area contributed by atoms with Crippen molar-refractivity contribution < 1.29 is 4.74 Å². The fraction of sp³-hybridized carbons (Fsp3) is 0.353. The smallest absolute Gasteiger partial charge is 0.142 e. The minimum Gasteiger partial charge on any atom is -0.491 e. The van der Waals surface area contributed by atoms with Crippen LogP contribution in [0.1, 0.15) is 25.1 Å². The van der Waals surface area contributed by atoms with Gasteiger partial charge in [0.2, 0.25) is 0 Å². The van der Waals surface area contributed by atoms with E-state index < -0.39 is 0 Å². The van der Waals surface area contributed by atoms with E-state index >= 15 is 0 Å². The van der Waals surface area contributed by atoms with Crippen LogP contribution in [-0.2, 0) is 0 Å². The van der Waals surface area contributed by atoms with E-state index in [9.17, 15) is 0 Å². The van der Waals surface area contributed by atoms with E-state index in [0.29, 0.717) is 0 Å². The van der Waals surface area contributed by atoms with Gasteiger partial charge < -0.3 is 15.0 Å². The highest BCUT2D eigenvalue weighted by Gasteiger charge is 2.17. The van der Waals surface area contributed by atoms with Crippen molar-refractivity contribution in [3.63, 3.8) is 0 Å². The van der Waals surface area contributed by atoms with Crippen LogP contribution in [0.25, 0.3) is 0 Å². The van der Waals surface area contributed by atoms with Gasteiger partial charge in [-0.3, -0.25) is 4.98 Å². The van der Waals surface area contributed by atoms with Gasteiger partial charge in [-0.25, -0.2) is 0 Å². The van der Waals surface area contributed by atoms with E-state index in [1.807, 2.05) is 31.4 Å². The predicted molar refractivity (Wildman–Crippen MR) is 85.3 cm³/mol. The molecule has 0 aliphatic carbocycles. The van der Waals surface area contributed by atoms with Gasteiger partial charge in [-0.2, -0.15) is 0 Å². The molecule has 0 radical (unpaired) electrons. The maximum Gasteiger partial charge on any atom is 0.142 e. The summed E-state index contributed by atoms with van der Waals surface area (Å²) < 4.78 is 5.81. The van der Waals surface area contributed by atoms with E-state index in [-0.39, 0.29) is 6.04 Å². The summed E-state index contributed by atoms with van der Waals surface area (Å²) in [5.41, 5.74) is 3.28. The molecule has 1 aliphatic rings. The number of aromatic nitrogens is 1. The van der Waals surface area contributed by atoms with Gasteiger partial charge in [0.05, 0.1) is 29.9 Å². The molecule has 110 valence electrons. The Kier molecular flexibility index (Phi) is 4.06. The van der Waals surface area contributed by atoms with Crippen LogP contribution in [0.3, 0.4) is 0 Å². The van der Waals surface area contributed by atoms with Gasteiger partial charge >= 0.3 is 0 Å². The lowest BCUT2D eigenvalue weighted by Crippen LogP contribution is -2.19. The zero-order valence-corrected chi connectivity index (χ0v) is 12.5. The molecule has 1 aliphatic heterocycles. The first-order valence-electron chi connectivity index (χ1n) is 7.42. The van der Waals surface area contributed by atoms with Crippen LogP contribution < -0.4 is 15.0 Å². The molecule has 0 spiro atoms. The van der Waals surface area contributed by atoms with Gasteiger partial charge in [0.15, 0.2) is 0 Å². The number of fused-ring (bicyclic) bond motifs is 1. The molecule has 1 unspecified atom stereocenters. The number of ether oxygens (including phenoxy) is 1. The van der Waals surface area contributed by atoms with Gasteiger partial charge in [0.25, 0.3) is 0 Å². The van der Waals surface area contributed by atoms with Crippen molar-refractivity contribution in [3.8, 4) is 5.75 Å². The molecule has 2 aromatic rings. The van der Waals surface area contributed by atoms with E-state index in [2.05, 4.69) is 40.3 Å². The third kappa shape index (κ3) is 2.85. The number of para-hydroxylation sites is 2. The average Bonchev–Trinajstić information content (AvgIpc) is 2.77. The van der Waals surface area contributed by atoms with Crippen molar-refractivity contribution in [3.05, 3.63) is 48.3 Å². The average molecular weight is 283 g/mol. The molecule has 4 nitrogen and oxygen atoms in total. The fourth-order valence-corrected chi connectivity index (χ4v) is 2.56. The minimum absolute atomic E-state index is 0.263. The molecule has 1 aromatic heterocycles. The highest BCUT2D eigenvalue weighted by atomic mass is 16.5. The molecule has 0 saturated carbocycles. The largest absolute Gasteiger partial charge is 0.491 e. The summed E-state index contributed by atoms with van der Waals surface area (Å²) in [6, 6.07) is 12.7. The Morgan fingerprint density at radius 3 is 2.86 bits per heavy atom. The van der Waals surface area contributed by atoms with Crippen molar-refractivity contribution in [1.29, 1.82) is 0 Å². The van der Waals surface area contributed by atoms with Crippen molar-refractivity contribution >= 4 is 11.4 Å². The molecule has 4 heteroatoms. The summed E-state index contributed by atoms with van der Waals surface area (Å²) in [5, 5.41) is 3.21. The Labute approximate surface area is 125 Å². The lowest BCUT2D eigenvalue weighted by atomic mass is 10.2. The van der Waals surface area contributed by atoms with Gasteiger partial charge in [0, 0.05) is 12.6 Å². The number of nitrogens with zero attached hydrogens (tertiary/aromatic N) is 2. The highest BCUT2D eigenvalue weighted by molar-refractivity contribution is 5.69. The Hall–Kier alpha value is -2.07. The fourth-order valence-electron chi connectivity index (χ4n) is 2.56. The maximum atomic E-state index is 5.81. The van der Waals surface area contributed by atoms with Gasteiger partial charge in [0.1, 0.15) is 5.75 Å². The van der Waals surface area contributed by atoms with Gasteiger partial charge in [-0.05, 0) is 44.7 Å². The third-order valence-corrected chi connectivity index (χ3v) is 3.90. The second kappa shape index (κ2) is 6.14. The van der Waals surface area contributed by atoms with Gasteiger partial charge in [-0.1, -0.05) is 12.1 Å². The second-order valence-electron chi connectivity index (χ2n) is 5.27. The first-order valence-corrected chi connectivity index (χ1v) is 7.42. The molecule has 3 rings (SSSR count). The summed E-state index contributed by atoms with van der Waals surface area (Å²) >= 11 is 0. The summed E-state index contributed by atoms with van der Waals surface area (Å²) in [7, 11) is 1.95. The first-order chi connectivity index (χ1) is 10.3. The van der Waals surface area contributed by atoms with Crippen LogP contribution in [-0.4, -0.2) is 25.2 Å². The standard InChI is InChI=1S/C17H21N3O/c1-13(18-2)15-9-8-14(12-19-15)20-10-5-11-21-17-7-4-3-6-16(17)20/h3-4,6-9,12-13,18H,5,10-11H2,1-2H3. The zero-order valence-electron chi connectivity index (χ0n) is 12.5. The first kappa shape index (κ1) is 13.9. The van der Waals surface area contributed by atoms with Crippen LogP contribution in [0.15, 0.2) is 42.6 Å². The molecule has 0 bridgehead atoms. The summed E-state index contributed by atoms with van der Waals surface area (Å²) in [6.45, 7) is 3.81. The van der Waals surface area contributed by atoms with Crippen molar-refractivity contribution in [1.82, 2.24) is 10.3 Å². The molecule has 0 amide bonds. The molecule has 0 fully saturated rings. The lowest BCUT2D eigenvalue weighted by molar-refractivity contribution is 0.322. The normalized spacial score (nSPS) is 15.8. The maximum absolute atomic E-state index is 5.81. The minimum atomic E-state index is 0.263. The van der Waals surface area contributed by atoms with Crippen LogP contribution in [0.5, 0.6) is 5.75 Å². The van der Waals surface area contributed by atoms with Crippen LogP contribution in [0.2, 0.25) is 0 Å². The molecule has 0 saturated heterocycles. The van der Waals surface area contributed by atoms with Crippen LogP contribution in [0, 0.1) is 0 Å². The van der Waals surface area contributed by atoms with E-state index in [1.165, 1.54) is 0 Å². The third-order valence-electron chi connectivity index (χ3n) is 3.90. The molecular weight excluding hydrogens is 262 g/mol. The Morgan fingerprint density at radius 1 is 1.24 bits per heavy atom. The van der Waals surface area contributed by atoms with Gasteiger partial charge in [-0.15, -0.1) is 0 Å². The zero-order chi connectivity index (χ0) is 14.7. The number of benzene rings is 1. The summed E-state index contributed by atoms with van der Waals surface area (Å²) in [5.74, 6) is 0.947. The highest BCUT2D eigenvalue weighted by Crippen LogP contribution is 2.35. The SMILES string of the molecule is CNC(C)c1ccc(N2CCCOc3ccccc32)cn1. The second-order valence-corrected chi connectivity index (χ2v) is 5.27. The molecule has 1 aromatic carbocycles. The molecule has 21 heavy (non-hydrogen) atoms. The van der Waals surface area contributed by atoms with E-state index in [4.69, 9.17) is 4.74 Å². The topological polar surface area (TPSA) is 37.4 Å².